The monoisotopic (exact) mass is 306 g/mol. The number of aromatic nitrogens is 2. The van der Waals surface area contributed by atoms with E-state index in [9.17, 15) is 13.2 Å². The van der Waals surface area contributed by atoms with Gasteiger partial charge < -0.3 is 4.74 Å². The van der Waals surface area contributed by atoms with E-state index in [2.05, 4.69) is 9.36 Å². The van der Waals surface area contributed by atoms with Crippen molar-refractivity contribution in [3.05, 3.63) is 35.4 Å². The van der Waals surface area contributed by atoms with Gasteiger partial charge in [-0.2, -0.15) is 22.5 Å². The summed E-state index contributed by atoms with van der Waals surface area (Å²) in [6.45, 7) is -0.182. The van der Waals surface area contributed by atoms with Crippen LogP contribution in [0.2, 0.25) is 0 Å². The quantitative estimate of drug-likeness (QED) is 0.804. The van der Waals surface area contributed by atoms with Crippen LogP contribution in [0.3, 0.4) is 0 Å². The lowest BCUT2D eigenvalue weighted by Gasteiger charge is -2.12. The molecule has 0 radical (unpaired) electrons. The molecular formula is C11H9F3N2OS2. The maximum Gasteiger partial charge on any atom is 0.416 e. The Bertz CT molecular complexity index is 557. The zero-order valence-corrected chi connectivity index (χ0v) is 11.4. The van der Waals surface area contributed by atoms with Crippen LogP contribution in [0.15, 0.2) is 29.4 Å². The summed E-state index contributed by atoms with van der Waals surface area (Å²) in [4.78, 5) is 4.00. The van der Waals surface area contributed by atoms with Crippen LogP contribution in [-0.2, 0) is 12.8 Å². The molecular weight excluding hydrogens is 297 g/mol. The van der Waals surface area contributed by atoms with Crippen LogP contribution in [-0.4, -0.2) is 15.6 Å². The molecule has 0 N–H and O–H groups in total. The van der Waals surface area contributed by atoms with Gasteiger partial charge in [0.1, 0.15) is 6.61 Å². The first-order valence-corrected chi connectivity index (χ1v) is 7.16. The van der Waals surface area contributed by atoms with Crippen molar-refractivity contribution in [2.24, 2.45) is 0 Å². The van der Waals surface area contributed by atoms with E-state index >= 15 is 0 Å². The van der Waals surface area contributed by atoms with Crippen LogP contribution in [0.5, 0.6) is 5.19 Å². The number of hydrogen-bond acceptors (Lipinski definition) is 5. The molecule has 0 unspecified atom stereocenters. The lowest BCUT2D eigenvalue weighted by molar-refractivity contribution is -0.138. The van der Waals surface area contributed by atoms with E-state index < -0.39 is 11.7 Å². The molecule has 0 atom stereocenters. The van der Waals surface area contributed by atoms with Gasteiger partial charge in [0, 0.05) is 17.1 Å². The third-order valence-electron chi connectivity index (χ3n) is 2.25. The average molecular weight is 306 g/mol. The van der Waals surface area contributed by atoms with E-state index in [-0.39, 0.29) is 17.4 Å². The molecule has 19 heavy (non-hydrogen) atoms. The molecule has 0 amide bonds. The molecule has 1 aromatic carbocycles. The number of halogens is 3. The fourth-order valence-electron chi connectivity index (χ4n) is 1.40. The minimum atomic E-state index is -4.38. The molecule has 0 aliphatic carbocycles. The number of rotatable bonds is 4. The molecule has 8 heteroatoms. The summed E-state index contributed by atoms with van der Waals surface area (Å²) in [5, 5.41) is 0.811. The normalized spacial score (nSPS) is 11.6. The smallest absolute Gasteiger partial charge is 0.416 e. The minimum Gasteiger partial charge on any atom is -0.464 e. The molecule has 2 aromatic rings. The Kier molecular flexibility index (Phi) is 4.31. The third-order valence-corrected chi connectivity index (χ3v) is 3.54. The van der Waals surface area contributed by atoms with E-state index in [0.717, 1.165) is 17.6 Å². The topological polar surface area (TPSA) is 35.0 Å². The largest absolute Gasteiger partial charge is 0.464 e. The van der Waals surface area contributed by atoms with Gasteiger partial charge in [0.25, 0.3) is 5.19 Å². The summed E-state index contributed by atoms with van der Waals surface area (Å²) in [5.74, 6) is 0. The number of alkyl halides is 3. The Morgan fingerprint density at radius 3 is 2.68 bits per heavy atom. The molecule has 0 fully saturated rings. The maximum atomic E-state index is 12.7. The van der Waals surface area contributed by atoms with E-state index in [1.165, 1.54) is 23.9 Å². The van der Waals surface area contributed by atoms with Gasteiger partial charge in [0.15, 0.2) is 0 Å². The summed E-state index contributed by atoms with van der Waals surface area (Å²) >= 11 is 2.37. The Morgan fingerprint density at radius 2 is 2.05 bits per heavy atom. The summed E-state index contributed by atoms with van der Waals surface area (Å²) < 4.78 is 47.5. The Labute approximate surface area is 116 Å². The Balaban J connectivity index is 2.11. The van der Waals surface area contributed by atoms with E-state index in [4.69, 9.17) is 4.74 Å². The van der Waals surface area contributed by atoms with Gasteiger partial charge in [0.05, 0.1) is 5.56 Å². The second-order valence-electron chi connectivity index (χ2n) is 3.49. The average Bonchev–Trinajstić information content (AvgIpc) is 2.83. The zero-order valence-electron chi connectivity index (χ0n) is 9.77. The van der Waals surface area contributed by atoms with Gasteiger partial charge in [-0.15, -0.1) is 0 Å². The van der Waals surface area contributed by atoms with Crippen molar-refractivity contribution in [2.45, 2.75) is 17.9 Å². The zero-order chi connectivity index (χ0) is 13.9. The second kappa shape index (κ2) is 5.79. The van der Waals surface area contributed by atoms with E-state index in [1.54, 1.807) is 6.07 Å². The van der Waals surface area contributed by atoms with Gasteiger partial charge in [0.2, 0.25) is 5.16 Å². The van der Waals surface area contributed by atoms with Crippen molar-refractivity contribution in [3.8, 4) is 5.19 Å². The number of thioether (sulfide) groups is 1. The van der Waals surface area contributed by atoms with Crippen molar-refractivity contribution >= 4 is 23.3 Å². The molecule has 0 saturated carbocycles. The van der Waals surface area contributed by atoms with Crippen molar-refractivity contribution in [2.75, 3.05) is 6.26 Å². The van der Waals surface area contributed by atoms with Gasteiger partial charge >= 0.3 is 6.18 Å². The summed E-state index contributed by atoms with van der Waals surface area (Å²) in [7, 11) is 0. The highest BCUT2D eigenvalue weighted by Gasteiger charge is 2.33. The highest BCUT2D eigenvalue weighted by molar-refractivity contribution is 7.98. The van der Waals surface area contributed by atoms with Crippen LogP contribution >= 0.6 is 23.3 Å². The molecule has 3 nitrogen and oxygen atoms in total. The standard InChI is InChI=1S/C11H9F3N2OS2/c1-18-9-15-10(19-16-9)17-6-7-4-2-3-5-8(7)11(12,13)14/h2-5H,6H2,1H3. The SMILES string of the molecule is CSc1nsc(OCc2ccccc2C(F)(F)F)n1. The molecule has 1 heterocycles. The molecule has 1 aromatic heterocycles. The first-order chi connectivity index (χ1) is 9.00. The van der Waals surface area contributed by atoms with Crippen molar-refractivity contribution < 1.29 is 17.9 Å². The van der Waals surface area contributed by atoms with Gasteiger partial charge in [-0.3, -0.25) is 0 Å². The fourth-order valence-corrected chi connectivity index (χ4v) is 2.48. The van der Waals surface area contributed by atoms with Crippen LogP contribution in [0.1, 0.15) is 11.1 Å². The van der Waals surface area contributed by atoms with E-state index in [0.29, 0.717) is 5.16 Å². The summed E-state index contributed by atoms with van der Waals surface area (Å²) in [5.41, 5.74) is -0.611. The molecule has 0 bridgehead atoms. The first kappa shape index (κ1) is 14.1. The Hall–Kier alpha value is -1.28. The second-order valence-corrected chi connectivity index (χ2v) is 4.98. The third kappa shape index (κ3) is 3.60. The Morgan fingerprint density at radius 1 is 1.32 bits per heavy atom. The van der Waals surface area contributed by atoms with Gasteiger partial charge in [-0.1, -0.05) is 30.0 Å². The van der Waals surface area contributed by atoms with Gasteiger partial charge in [-0.05, 0) is 12.3 Å². The molecule has 0 saturated heterocycles. The van der Waals surface area contributed by atoms with Crippen LogP contribution in [0, 0.1) is 0 Å². The van der Waals surface area contributed by atoms with Crippen molar-refractivity contribution in [3.63, 3.8) is 0 Å². The molecule has 102 valence electrons. The lowest BCUT2D eigenvalue weighted by atomic mass is 10.1. The molecule has 0 spiro atoms. The summed E-state index contributed by atoms with van der Waals surface area (Å²) in [6.07, 6.45) is -2.57. The highest BCUT2D eigenvalue weighted by Crippen LogP contribution is 2.32. The number of ether oxygens (including phenoxy) is 1. The number of benzene rings is 1. The molecule has 0 aliphatic rings. The number of hydrogen-bond donors (Lipinski definition) is 0. The fraction of sp³-hybridized carbons (Fsp3) is 0.273. The predicted octanol–water partition coefficient (Wildman–Crippen LogP) is 3.86. The van der Waals surface area contributed by atoms with Gasteiger partial charge in [-0.25, -0.2) is 0 Å². The van der Waals surface area contributed by atoms with Crippen LogP contribution in [0.25, 0.3) is 0 Å². The summed E-state index contributed by atoms with van der Waals surface area (Å²) in [6, 6.07) is 5.32. The lowest BCUT2D eigenvalue weighted by Crippen LogP contribution is -2.10. The van der Waals surface area contributed by atoms with Crippen LogP contribution < -0.4 is 4.74 Å². The van der Waals surface area contributed by atoms with Crippen LogP contribution in [0.4, 0.5) is 13.2 Å². The molecule has 0 aliphatic heterocycles. The maximum absolute atomic E-state index is 12.7. The highest BCUT2D eigenvalue weighted by atomic mass is 32.2. The number of nitrogens with zero attached hydrogens (tertiary/aromatic N) is 2. The van der Waals surface area contributed by atoms with E-state index in [1.807, 2.05) is 6.26 Å². The minimum absolute atomic E-state index is 0.0795. The van der Waals surface area contributed by atoms with Crippen molar-refractivity contribution in [1.82, 2.24) is 9.36 Å². The first-order valence-electron chi connectivity index (χ1n) is 5.16. The molecule has 2 rings (SSSR count). The van der Waals surface area contributed by atoms with Crippen molar-refractivity contribution in [1.29, 1.82) is 0 Å². The predicted molar refractivity (Wildman–Crippen MR) is 67.5 cm³/mol.